The number of carboxylic acid groups (broad SMARTS) is 1. The number of anilines is 1. The Morgan fingerprint density at radius 1 is 1.27 bits per heavy atom. The number of thioether (sulfide) groups is 1. The highest BCUT2D eigenvalue weighted by molar-refractivity contribution is 8.27. The van der Waals surface area contributed by atoms with Crippen molar-refractivity contribution < 1.29 is 29.1 Å². The molecule has 0 atom stereocenters. The SMILES string of the molecule is COc1cc(/C=C2\SC(=S)N(c3ccc([N+](=O)[O-])cc3)C2=O)ccc1OCC(=O)O. The van der Waals surface area contributed by atoms with Crippen LogP contribution in [0.4, 0.5) is 11.4 Å². The molecule has 1 aliphatic heterocycles. The lowest BCUT2D eigenvalue weighted by molar-refractivity contribution is -0.384. The molecule has 9 nitrogen and oxygen atoms in total. The second kappa shape index (κ2) is 8.93. The number of benzene rings is 2. The Morgan fingerprint density at radius 3 is 2.57 bits per heavy atom. The number of non-ortho nitro benzene ring substituents is 1. The summed E-state index contributed by atoms with van der Waals surface area (Å²) in [5.41, 5.74) is 0.970. The summed E-state index contributed by atoms with van der Waals surface area (Å²) in [6.45, 7) is -0.510. The van der Waals surface area contributed by atoms with E-state index in [1.165, 1.54) is 36.3 Å². The fourth-order valence-electron chi connectivity index (χ4n) is 2.60. The van der Waals surface area contributed by atoms with Crippen LogP contribution >= 0.6 is 24.0 Å². The van der Waals surface area contributed by atoms with Gasteiger partial charge in [0.2, 0.25) is 0 Å². The van der Waals surface area contributed by atoms with Crippen molar-refractivity contribution in [3.63, 3.8) is 0 Å². The van der Waals surface area contributed by atoms with Crippen LogP contribution in [0, 0.1) is 10.1 Å². The van der Waals surface area contributed by atoms with Crippen molar-refractivity contribution in [2.75, 3.05) is 18.6 Å². The first kappa shape index (κ1) is 21.3. The van der Waals surface area contributed by atoms with Crippen LogP contribution in [0.5, 0.6) is 11.5 Å². The molecule has 0 bridgehead atoms. The van der Waals surface area contributed by atoms with Crippen molar-refractivity contribution in [1.82, 2.24) is 0 Å². The zero-order valence-corrected chi connectivity index (χ0v) is 17.1. The quantitative estimate of drug-likeness (QED) is 0.295. The first-order valence-electron chi connectivity index (χ1n) is 8.35. The Morgan fingerprint density at radius 2 is 1.97 bits per heavy atom. The normalized spacial score (nSPS) is 14.8. The molecule has 0 unspecified atom stereocenters. The fourth-order valence-corrected chi connectivity index (χ4v) is 3.90. The minimum Gasteiger partial charge on any atom is -0.493 e. The van der Waals surface area contributed by atoms with E-state index in [-0.39, 0.29) is 17.3 Å². The molecule has 1 N–H and O–H groups in total. The van der Waals surface area contributed by atoms with E-state index in [2.05, 4.69) is 0 Å². The number of methoxy groups -OCH3 is 1. The number of thiocarbonyl (C=S) groups is 1. The average Bonchev–Trinajstić information content (AvgIpc) is 2.99. The molecule has 0 aromatic heterocycles. The highest BCUT2D eigenvalue weighted by atomic mass is 32.2. The third-order valence-electron chi connectivity index (χ3n) is 3.95. The number of nitro benzene ring substituents is 1. The molecule has 154 valence electrons. The van der Waals surface area contributed by atoms with Gasteiger partial charge in [0.05, 0.1) is 22.6 Å². The summed E-state index contributed by atoms with van der Waals surface area (Å²) < 4.78 is 10.7. The molecule has 0 radical (unpaired) electrons. The number of nitro groups is 1. The van der Waals surface area contributed by atoms with Crippen LogP contribution in [-0.2, 0) is 9.59 Å². The van der Waals surface area contributed by atoms with Crippen LogP contribution in [0.1, 0.15) is 5.56 Å². The topological polar surface area (TPSA) is 119 Å². The molecule has 0 aliphatic carbocycles. The van der Waals surface area contributed by atoms with E-state index in [4.69, 9.17) is 26.8 Å². The number of carbonyl (C=O) groups is 2. The Kier molecular flexibility index (Phi) is 6.33. The number of hydrogen-bond acceptors (Lipinski definition) is 8. The maximum Gasteiger partial charge on any atom is 0.341 e. The molecule has 30 heavy (non-hydrogen) atoms. The molecule has 2 aromatic carbocycles. The number of carbonyl (C=O) groups excluding carboxylic acids is 1. The van der Waals surface area contributed by atoms with Gasteiger partial charge >= 0.3 is 5.97 Å². The van der Waals surface area contributed by atoms with Gasteiger partial charge in [-0.05, 0) is 35.9 Å². The first-order chi connectivity index (χ1) is 14.3. The molecular weight excluding hydrogens is 432 g/mol. The van der Waals surface area contributed by atoms with E-state index in [1.807, 2.05) is 0 Å². The summed E-state index contributed by atoms with van der Waals surface area (Å²) >= 11 is 6.40. The minimum absolute atomic E-state index is 0.0861. The molecule has 1 saturated heterocycles. The summed E-state index contributed by atoms with van der Waals surface area (Å²) in [5.74, 6) is -0.897. The molecular formula is C19H14N2O7S2. The summed E-state index contributed by atoms with van der Waals surface area (Å²) in [6.07, 6.45) is 1.62. The van der Waals surface area contributed by atoms with Crippen molar-refractivity contribution >= 4 is 57.6 Å². The fraction of sp³-hybridized carbons (Fsp3) is 0.105. The van der Waals surface area contributed by atoms with Crippen molar-refractivity contribution in [2.45, 2.75) is 0 Å². The van der Waals surface area contributed by atoms with Gasteiger partial charge in [-0.1, -0.05) is 30.0 Å². The van der Waals surface area contributed by atoms with E-state index in [0.717, 1.165) is 11.8 Å². The maximum absolute atomic E-state index is 12.8. The Labute approximate surface area is 180 Å². The molecule has 11 heteroatoms. The van der Waals surface area contributed by atoms with E-state index >= 15 is 0 Å². The predicted molar refractivity (Wildman–Crippen MR) is 115 cm³/mol. The molecule has 1 heterocycles. The van der Waals surface area contributed by atoms with Crippen molar-refractivity contribution in [2.24, 2.45) is 0 Å². The number of carboxylic acids is 1. The smallest absolute Gasteiger partial charge is 0.341 e. The first-order valence-corrected chi connectivity index (χ1v) is 9.57. The summed E-state index contributed by atoms with van der Waals surface area (Å²) in [6, 6.07) is 10.3. The highest BCUT2D eigenvalue weighted by Crippen LogP contribution is 2.37. The molecule has 0 saturated carbocycles. The zero-order valence-electron chi connectivity index (χ0n) is 15.4. The van der Waals surface area contributed by atoms with Crippen LogP contribution in [0.15, 0.2) is 47.4 Å². The average molecular weight is 446 g/mol. The van der Waals surface area contributed by atoms with E-state index in [1.54, 1.807) is 24.3 Å². The van der Waals surface area contributed by atoms with Gasteiger partial charge in [-0.15, -0.1) is 0 Å². The number of rotatable bonds is 7. The highest BCUT2D eigenvalue weighted by Gasteiger charge is 2.33. The second-order valence-electron chi connectivity index (χ2n) is 5.88. The van der Waals surface area contributed by atoms with Gasteiger partial charge < -0.3 is 14.6 Å². The maximum atomic E-state index is 12.8. The lowest BCUT2D eigenvalue weighted by Crippen LogP contribution is -2.27. The van der Waals surface area contributed by atoms with Crippen LogP contribution in [0.25, 0.3) is 6.08 Å². The van der Waals surface area contributed by atoms with Crippen LogP contribution in [0.3, 0.4) is 0 Å². The molecule has 1 aliphatic rings. The number of hydrogen-bond donors (Lipinski definition) is 1. The lowest BCUT2D eigenvalue weighted by atomic mass is 10.1. The number of amides is 1. The summed E-state index contributed by atoms with van der Waals surface area (Å²) in [4.78, 5) is 35.4. The van der Waals surface area contributed by atoms with E-state index < -0.39 is 17.5 Å². The standard InChI is InChI=1S/C19H14N2O7S2/c1-27-15-8-11(2-7-14(15)28-10-17(22)23)9-16-18(24)20(19(29)30-16)12-3-5-13(6-4-12)21(25)26/h2-9H,10H2,1H3,(H,22,23)/b16-9-. The predicted octanol–water partition coefficient (Wildman–Crippen LogP) is 3.47. The molecule has 1 fully saturated rings. The van der Waals surface area contributed by atoms with Gasteiger partial charge in [-0.25, -0.2) is 4.79 Å². The van der Waals surface area contributed by atoms with Gasteiger partial charge in [-0.3, -0.25) is 19.8 Å². The van der Waals surface area contributed by atoms with E-state index in [9.17, 15) is 19.7 Å². The van der Waals surface area contributed by atoms with E-state index in [0.29, 0.717) is 26.2 Å². The van der Waals surface area contributed by atoms with Gasteiger partial charge in [0, 0.05) is 12.1 Å². The molecule has 1 amide bonds. The third-order valence-corrected chi connectivity index (χ3v) is 5.25. The van der Waals surface area contributed by atoms with Crippen molar-refractivity contribution in [3.05, 3.63) is 63.0 Å². The van der Waals surface area contributed by atoms with Gasteiger partial charge in [-0.2, -0.15) is 0 Å². The molecule has 0 spiro atoms. The molecule has 2 aromatic rings. The lowest BCUT2D eigenvalue weighted by Gasteiger charge is -2.14. The largest absolute Gasteiger partial charge is 0.493 e. The Bertz CT molecular complexity index is 1070. The summed E-state index contributed by atoms with van der Waals surface area (Å²) in [5, 5.41) is 19.5. The minimum atomic E-state index is -1.11. The number of aliphatic carboxylic acids is 1. The van der Waals surface area contributed by atoms with Crippen molar-refractivity contribution in [1.29, 1.82) is 0 Å². The summed E-state index contributed by atoms with van der Waals surface area (Å²) in [7, 11) is 1.42. The third kappa shape index (κ3) is 4.58. The zero-order chi connectivity index (χ0) is 21.8. The van der Waals surface area contributed by atoms with Gasteiger partial charge in [0.15, 0.2) is 22.4 Å². The van der Waals surface area contributed by atoms with Gasteiger partial charge in [0.25, 0.3) is 11.6 Å². The van der Waals surface area contributed by atoms with Gasteiger partial charge in [0.1, 0.15) is 0 Å². The van der Waals surface area contributed by atoms with Crippen LogP contribution in [-0.4, -0.2) is 39.9 Å². The monoisotopic (exact) mass is 446 g/mol. The second-order valence-corrected chi connectivity index (χ2v) is 7.56. The number of nitrogens with zero attached hydrogens (tertiary/aromatic N) is 2. The Hall–Kier alpha value is -3.44. The molecule has 3 rings (SSSR count). The number of ether oxygens (including phenoxy) is 2. The van der Waals surface area contributed by atoms with Crippen LogP contribution < -0.4 is 14.4 Å². The van der Waals surface area contributed by atoms with Crippen molar-refractivity contribution in [3.8, 4) is 11.5 Å². The van der Waals surface area contributed by atoms with Crippen LogP contribution in [0.2, 0.25) is 0 Å². The Balaban J connectivity index is 1.84.